The van der Waals surface area contributed by atoms with Gasteiger partial charge in [0.2, 0.25) is 5.79 Å². The van der Waals surface area contributed by atoms with Gasteiger partial charge in [-0.2, -0.15) is 0 Å². The van der Waals surface area contributed by atoms with Crippen LogP contribution in [0.5, 0.6) is 0 Å². The van der Waals surface area contributed by atoms with Crippen molar-refractivity contribution in [2.45, 2.75) is 187 Å². The Balaban J connectivity index is 1.70. The van der Waals surface area contributed by atoms with E-state index in [-0.39, 0.29) is 60.8 Å². The number of hydrogen-bond acceptors (Lipinski definition) is 14. The number of fused-ring (bicyclic) bond motifs is 3. The summed E-state index contributed by atoms with van der Waals surface area (Å²) in [7, 11) is 4.52. The van der Waals surface area contributed by atoms with Crippen molar-refractivity contribution in [2.24, 2.45) is 35.5 Å². The Labute approximate surface area is 404 Å². The van der Waals surface area contributed by atoms with Crippen molar-refractivity contribution in [2.75, 3.05) is 27.9 Å². The van der Waals surface area contributed by atoms with Crippen LogP contribution in [0, 0.1) is 35.5 Å². The number of aliphatic hydroxyl groups excluding tert-OH is 1. The van der Waals surface area contributed by atoms with Crippen molar-refractivity contribution < 1.29 is 67.4 Å². The van der Waals surface area contributed by atoms with E-state index in [4.69, 9.17) is 28.4 Å². The van der Waals surface area contributed by atoms with Crippen LogP contribution in [0.2, 0.25) is 0 Å². The van der Waals surface area contributed by atoms with Crippen LogP contribution in [0.3, 0.4) is 0 Å². The summed E-state index contributed by atoms with van der Waals surface area (Å²) in [6.45, 7) is 14.1. The van der Waals surface area contributed by atoms with E-state index in [1.807, 2.05) is 58.1 Å². The molecular formula is C53H81NO14. The van der Waals surface area contributed by atoms with Crippen molar-refractivity contribution in [1.82, 2.24) is 4.90 Å². The second kappa shape index (κ2) is 26.4. The molecule has 2 N–H and O–H groups in total. The van der Waals surface area contributed by atoms with Gasteiger partial charge in [0.1, 0.15) is 36.2 Å². The average Bonchev–Trinajstić information content (AvgIpc) is 3.30. The average molecular weight is 956 g/mol. The van der Waals surface area contributed by atoms with Crippen molar-refractivity contribution in [3.63, 3.8) is 0 Å². The van der Waals surface area contributed by atoms with Crippen molar-refractivity contribution in [3.05, 3.63) is 47.6 Å². The first-order valence-corrected chi connectivity index (χ1v) is 24.8. The zero-order valence-electron chi connectivity index (χ0n) is 42.5. The lowest BCUT2D eigenvalue weighted by Gasteiger charge is -2.42. The quantitative estimate of drug-likeness (QED) is 0.154. The Morgan fingerprint density at radius 3 is 2.25 bits per heavy atom. The third-order valence-electron chi connectivity index (χ3n) is 14.8. The van der Waals surface area contributed by atoms with E-state index in [0.717, 1.165) is 5.57 Å². The zero-order chi connectivity index (χ0) is 50.5. The summed E-state index contributed by atoms with van der Waals surface area (Å²) in [5.41, 5.74) is 1.25. The number of amides is 1. The highest BCUT2D eigenvalue weighted by atomic mass is 16.6. The maximum absolute atomic E-state index is 14.4. The molecular weight excluding hydrogens is 875 g/mol. The Morgan fingerprint density at radius 2 is 1.59 bits per heavy atom. The van der Waals surface area contributed by atoms with E-state index in [1.54, 1.807) is 41.1 Å². The molecule has 3 fully saturated rings. The summed E-state index contributed by atoms with van der Waals surface area (Å²) in [5, 5.41) is 23.4. The fourth-order valence-corrected chi connectivity index (χ4v) is 10.4. The molecule has 2 unspecified atom stereocenters. The number of carbonyl (C=O) groups excluding carboxylic acids is 6. The fourth-order valence-electron chi connectivity index (χ4n) is 10.4. The topological polar surface area (TPSA) is 201 Å². The molecule has 0 aromatic carbocycles. The minimum atomic E-state index is -2.44. The van der Waals surface area contributed by atoms with Gasteiger partial charge in [-0.1, -0.05) is 71.1 Å². The summed E-state index contributed by atoms with van der Waals surface area (Å²) in [6.07, 6.45) is 11.2. The molecule has 15 atom stereocenters. The lowest BCUT2D eigenvalue weighted by Crippen LogP contribution is -2.61. The van der Waals surface area contributed by atoms with Crippen LogP contribution in [0.25, 0.3) is 0 Å². The van der Waals surface area contributed by atoms with Crippen LogP contribution in [-0.4, -0.2) is 133 Å². The van der Waals surface area contributed by atoms with Crippen LogP contribution in [-0.2, 0) is 57.2 Å². The van der Waals surface area contributed by atoms with Crippen LogP contribution in [0.15, 0.2) is 47.6 Å². The number of hydrogen-bond donors (Lipinski definition) is 2. The van der Waals surface area contributed by atoms with Gasteiger partial charge in [0.05, 0.1) is 18.3 Å². The molecule has 15 nitrogen and oxygen atoms in total. The van der Waals surface area contributed by atoms with E-state index in [1.165, 1.54) is 18.9 Å². The molecule has 1 aliphatic carbocycles. The van der Waals surface area contributed by atoms with Gasteiger partial charge in [-0.05, 0) is 107 Å². The first kappa shape index (κ1) is 56.7. The number of Topliss-reactive ketones (excluding diaryl/α,β-unsaturated/α-hetero) is 3. The van der Waals surface area contributed by atoms with Gasteiger partial charge in [0.15, 0.2) is 5.78 Å². The Hall–Kier alpha value is -3.86. The normalized spacial score (nSPS) is 39.0. The molecule has 1 saturated carbocycles. The number of carbonyl (C=O) groups is 6. The van der Waals surface area contributed by atoms with Crippen molar-refractivity contribution in [3.8, 4) is 0 Å². The van der Waals surface area contributed by atoms with Crippen LogP contribution < -0.4 is 0 Å². The third kappa shape index (κ3) is 15.1. The molecule has 0 radical (unpaired) electrons. The fraction of sp³-hybridized carbons (Fsp3) is 0.736. The molecule has 3 heterocycles. The minimum Gasteiger partial charge on any atom is -0.460 e. The second-order valence-corrected chi connectivity index (χ2v) is 20.2. The highest BCUT2D eigenvalue weighted by Gasteiger charge is 2.53. The molecule has 382 valence electrons. The number of methoxy groups -OCH3 is 3. The monoisotopic (exact) mass is 956 g/mol. The number of cyclic esters (lactones) is 1. The lowest BCUT2D eigenvalue weighted by atomic mass is 9.78. The maximum atomic E-state index is 14.4. The summed E-state index contributed by atoms with van der Waals surface area (Å²) in [4.78, 5) is 83.9. The molecule has 2 saturated heterocycles. The smallest absolute Gasteiger partial charge is 0.329 e. The number of nitrogens with zero attached hydrogens (tertiary/aromatic N) is 1. The van der Waals surface area contributed by atoms with Crippen molar-refractivity contribution in [1.29, 1.82) is 0 Å². The standard InChI is InChI=1S/C53H81NO14/c1-31-17-13-12-14-18-32(2)44(63-9)29-40-22-20-37(7)53(62,68-40)50(59)51(60)54-24-16-15-19-41(54)52(61)67-45(34(4)27-39-21-23-43(66-38(8)55)46(28-39)64-10)30-42(56)33(3)26-36(6)48(58)49(65-11)47(57)35(5)25-31/h12-14,17-18,26,31,33-35,37,39-41,43-46,48-49,58,62H,15-16,19-25,27-30H2,1-11H3/b14-12+,17-13+,32-18+,36-26+/t31-,33-,34-,35-,37-,39+,40+,41+,43-,44?,45+,46-,48-,49?,53-/m1/s1. The summed E-state index contributed by atoms with van der Waals surface area (Å²) in [6, 6.07) is -1.16. The van der Waals surface area contributed by atoms with Gasteiger partial charge in [0.25, 0.3) is 11.7 Å². The molecule has 4 aliphatic rings. The minimum absolute atomic E-state index is 0.0110. The summed E-state index contributed by atoms with van der Waals surface area (Å²) in [5.74, 6) is -8.54. The molecule has 1 amide bonds. The molecule has 4 rings (SSSR count). The van der Waals surface area contributed by atoms with E-state index >= 15 is 0 Å². The zero-order valence-corrected chi connectivity index (χ0v) is 42.5. The molecule has 0 spiro atoms. The van der Waals surface area contributed by atoms with E-state index < -0.39 is 83.9 Å². The number of allylic oxidation sites excluding steroid dienone is 6. The highest BCUT2D eigenvalue weighted by molar-refractivity contribution is 6.39. The van der Waals surface area contributed by atoms with Crippen molar-refractivity contribution >= 4 is 35.2 Å². The molecule has 3 aliphatic heterocycles. The van der Waals surface area contributed by atoms with Gasteiger partial charge in [-0.25, -0.2) is 4.79 Å². The number of esters is 2. The van der Waals surface area contributed by atoms with E-state index in [9.17, 15) is 39.0 Å². The van der Waals surface area contributed by atoms with Gasteiger partial charge in [-0.3, -0.25) is 24.0 Å². The van der Waals surface area contributed by atoms with E-state index in [2.05, 4.69) is 0 Å². The molecule has 68 heavy (non-hydrogen) atoms. The van der Waals surface area contributed by atoms with Gasteiger partial charge >= 0.3 is 11.9 Å². The summed E-state index contributed by atoms with van der Waals surface area (Å²) < 4.78 is 35.1. The number of rotatable bonds is 7. The second-order valence-electron chi connectivity index (χ2n) is 20.2. The predicted octanol–water partition coefficient (Wildman–Crippen LogP) is 6.75. The van der Waals surface area contributed by atoms with Crippen LogP contribution in [0.1, 0.15) is 132 Å². The van der Waals surface area contributed by atoms with Gasteiger partial charge < -0.3 is 43.5 Å². The van der Waals surface area contributed by atoms with Gasteiger partial charge in [-0.15, -0.1) is 0 Å². The molecule has 0 aromatic rings. The maximum Gasteiger partial charge on any atom is 0.329 e. The SMILES string of the molecule is COC1C[C@@H]2CC[C@@H](C)[C@@](O)(O2)C(=O)C(=O)N2CCCC[C@H]2C(=O)O[C@H]([C@H](C)C[C@@H]2CC[C@@H](OC(C)=O)[C@H](OC)C2)CC(=O)[C@H](C)/C=C(\C)[C@@H](O)C(OC)C(=O)[C@H](C)C[C@H](C)/C=C/C=C/C=C/1C. The number of ketones is 3. The van der Waals surface area contributed by atoms with Crippen LogP contribution >= 0.6 is 0 Å². The lowest BCUT2D eigenvalue weighted by molar-refractivity contribution is -0.265. The summed E-state index contributed by atoms with van der Waals surface area (Å²) >= 11 is 0. The Kier molecular flexibility index (Phi) is 22.0. The molecule has 15 heteroatoms. The number of ether oxygens (including phenoxy) is 6. The van der Waals surface area contributed by atoms with E-state index in [0.29, 0.717) is 69.8 Å². The highest BCUT2D eigenvalue weighted by Crippen LogP contribution is 2.38. The molecule has 2 bridgehead atoms. The Morgan fingerprint density at radius 1 is 0.868 bits per heavy atom. The molecule has 0 aromatic heterocycles. The first-order chi connectivity index (χ1) is 32.1. The van der Waals surface area contributed by atoms with Gasteiger partial charge in [0, 0.05) is 65.4 Å². The predicted molar refractivity (Wildman–Crippen MR) is 255 cm³/mol. The number of piperidine rings is 1. The first-order valence-electron chi connectivity index (χ1n) is 24.8. The largest absolute Gasteiger partial charge is 0.460 e. The van der Waals surface area contributed by atoms with Crippen LogP contribution in [0.4, 0.5) is 0 Å². The third-order valence-corrected chi connectivity index (χ3v) is 14.8. The Bertz CT molecular complexity index is 1870. The number of aliphatic hydroxyl groups is 2.